The van der Waals surface area contributed by atoms with Gasteiger partial charge in [-0.05, 0) is 31.4 Å². The molecule has 0 radical (unpaired) electrons. The second-order valence-electron chi connectivity index (χ2n) is 6.54. The Morgan fingerprint density at radius 2 is 2.12 bits per heavy atom. The molecule has 1 aliphatic heterocycles. The van der Waals surface area contributed by atoms with E-state index >= 15 is 0 Å². The third-order valence-corrected chi connectivity index (χ3v) is 6.14. The standard InChI is InChI=1S/C18H20N4O2S/c23-12-21-6-8-22(9-7-21)18(24)13-3-4-15-16(10-13)25-17(20-15)14-2-1-5-19-11-14/h1-2,5,11-13H,3-4,6-10H2. The number of hydrogen-bond donors (Lipinski definition) is 0. The van der Waals surface area contributed by atoms with Crippen LogP contribution in [0, 0.1) is 5.92 Å². The molecule has 0 spiro atoms. The van der Waals surface area contributed by atoms with E-state index in [1.54, 1.807) is 22.4 Å². The summed E-state index contributed by atoms with van der Waals surface area (Å²) in [6.45, 7) is 2.56. The minimum absolute atomic E-state index is 0.0393. The Balaban J connectivity index is 1.45. The van der Waals surface area contributed by atoms with Gasteiger partial charge in [0.15, 0.2) is 0 Å². The number of carbonyl (C=O) groups is 2. The summed E-state index contributed by atoms with van der Waals surface area (Å²) in [5.74, 6) is 0.269. The predicted octanol–water partition coefficient (Wildman–Crippen LogP) is 1.61. The predicted molar refractivity (Wildman–Crippen MR) is 95.1 cm³/mol. The van der Waals surface area contributed by atoms with Gasteiger partial charge in [0, 0.05) is 54.9 Å². The molecule has 0 bridgehead atoms. The maximum Gasteiger partial charge on any atom is 0.226 e. The van der Waals surface area contributed by atoms with Crippen LogP contribution in [0.2, 0.25) is 0 Å². The van der Waals surface area contributed by atoms with E-state index in [1.807, 2.05) is 23.2 Å². The topological polar surface area (TPSA) is 66.4 Å². The smallest absolute Gasteiger partial charge is 0.226 e. The molecular formula is C18H20N4O2S. The number of aryl methyl sites for hydroxylation is 1. The van der Waals surface area contributed by atoms with Gasteiger partial charge in [0.1, 0.15) is 5.01 Å². The van der Waals surface area contributed by atoms with Gasteiger partial charge in [0.25, 0.3) is 0 Å². The lowest BCUT2D eigenvalue weighted by Gasteiger charge is -2.35. The minimum Gasteiger partial charge on any atom is -0.342 e. The van der Waals surface area contributed by atoms with E-state index in [2.05, 4.69) is 4.98 Å². The molecule has 2 aromatic rings. The quantitative estimate of drug-likeness (QED) is 0.784. The zero-order chi connectivity index (χ0) is 17.2. The normalized spacial score (nSPS) is 20.2. The van der Waals surface area contributed by atoms with Gasteiger partial charge in [-0.15, -0.1) is 11.3 Å². The van der Waals surface area contributed by atoms with Gasteiger partial charge in [-0.25, -0.2) is 4.98 Å². The van der Waals surface area contributed by atoms with Crippen molar-refractivity contribution in [3.05, 3.63) is 35.1 Å². The summed E-state index contributed by atoms with van der Waals surface area (Å²) in [5, 5.41) is 0.991. The van der Waals surface area contributed by atoms with Crippen LogP contribution in [0.1, 0.15) is 17.0 Å². The highest BCUT2D eigenvalue weighted by Gasteiger charge is 2.31. The van der Waals surface area contributed by atoms with Gasteiger partial charge in [-0.2, -0.15) is 0 Å². The summed E-state index contributed by atoms with van der Waals surface area (Å²) in [6.07, 6.45) is 6.95. The lowest BCUT2D eigenvalue weighted by Crippen LogP contribution is -2.50. The first-order valence-corrected chi connectivity index (χ1v) is 9.43. The maximum absolute atomic E-state index is 12.8. The highest BCUT2D eigenvalue weighted by atomic mass is 32.1. The van der Waals surface area contributed by atoms with Crippen LogP contribution in [0.25, 0.3) is 10.6 Å². The van der Waals surface area contributed by atoms with Crippen molar-refractivity contribution in [2.75, 3.05) is 26.2 Å². The van der Waals surface area contributed by atoms with Crippen LogP contribution < -0.4 is 0 Å². The Labute approximate surface area is 150 Å². The summed E-state index contributed by atoms with van der Waals surface area (Å²) in [7, 11) is 0. The maximum atomic E-state index is 12.8. The Bertz CT molecular complexity index is 769. The summed E-state index contributed by atoms with van der Waals surface area (Å²) >= 11 is 1.68. The van der Waals surface area contributed by atoms with E-state index < -0.39 is 0 Å². The van der Waals surface area contributed by atoms with Gasteiger partial charge >= 0.3 is 0 Å². The summed E-state index contributed by atoms with van der Waals surface area (Å²) in [6, 6.07) is 3.94. The first kappa shape index (κ1) is 16.2. The molecule has 1 fully saturated rings. The second-order valence-corrected chi connectivity index (χ2v) is 7.62. The zero-order valence-electron chi connectivity index (χ0n) is 13.9. The number of rotatable bonds is 3. The van der Waals surface area contributed by atoms with Crippen LogP contribution in [-0.4, -0.2) is 58.3 Å². The van der Waals surface area contributed by atoms with Crippen molar-refractivity contribution in [2.45, 2.75) is 19.3 Å². The number of hydrogen-bond acceptors (Lipinski definition) is 5. The highest BCUT2D eigenvalue weighted by molar-refractivity contribution is 7.15. The van der Waals surface area contributed by atoms with Gasteiger partial charge in [-0.3, -0.25) is 14.6 Å². The molecule has 4 rings (SSSR count). The molecule has 2 aromatic heterocycles. The monoisotopic (exact) mass is 356 g/mol. The molecule has 1 saturated heterocycles. The molecule has 25 heavy (non-hydrogen) atoms. The fourth-order valence-corrected chi connectivity index (χ4v) is 4.68. The summed E-state index contributed by atoms with van der Waals surface area (Å²) in [4.78, 5) is 37.4. The van der Waals surface area contributed by atoms with E-state index in [4.69, 9.17) is 4.98 Å². The number of aromatic nitrogens is 2. The number of pyridine rings is 1. The van der Waals surface area contributed by atoms with Crippen molar-refractivity contribution < 1.29 is 9.59 Å². The van der Waals surface area contributed by atoms with Gasteiger partial charge in [-0.1, -0.05) is 0 Å². The minimum atomic E-state index is 0.0393. The lowest BCUT2D eigenvalue weighted by atomic mass is 9.90. The van der Waals surface area contributed by atoms with Crippen molar-refractivity contribution in [3.63, 3.8) is 0 Å². The molecule has 2 aliphatic rings. The largest absolute Gasteiger partial charge is 0.342 e. The first-order chi connectivity index (χ1) is 12.2. The van der Waals surface area contributed by atoms with E-state index in [-0.39, 0.29) is 11.8 Å². The van der Waals surface area contributed by atoms with Crippen LogP contribution in [-0.2, 0) is 22.4 Å². The third-order valence-electron chi connectivity index (χ3n) is 4.97. The van der Waals surface area contributed by atoms with Crippen LogP contribution in [0.3, 0.4) is 0 Å². The van der Waals surface area contributed by atoms with Gasteiger partial charge < -0.3 is 9.80 Å². The second kappa shape index (κ2) is 6.92. The lowest BCUT2D eigenvalue weighted by molar-refractivity contribution is -0.139. The first-order valence-electron chi connectivity index (χ1n) is 8.61. The SMILES string of the molecule is O=CN1CCN(C(=O)C2CCc3nc(-c4cccnc4)sc3C2)CC1. The van der Waals surface area contributed by atoms with Crippen LogP contribution in [0.4, 0.5) is 0 Å². The van der Waals surface area contributed by atoms with Crippen molar-refractivity contribution in [3.8, 4) is 10.6 Å². The molecule has 1 unspecified atom stereocenters. The van der Waals surface area contributed by atoms with E-state index in [9.17, 15) is 9.59 Å². The van der Waals surface area contributed by atoms with Crippen molar-refractivity contribution in [1.82, 2.24) is 19.8 Å². The fraction of sp³-hybridized carbons (Fsp3) is 0.444. The average Bonchev–Trinajstić information content (AvgIpc) is 3.11. The summed E-state index contributed by atoms with van der Waals surface area (Å²) in [5.41, 5.74) is 2.17. The van der Waals surface area contributed by atoms with E-state index in [1.165, 1.54) is 4.88 Å². The number of piperazine rings is 1. The number of amides is 2. The molecule has 6 nitrogen and oxygen atoms in total. The number of nitrogens with zero attached hydrogens (tertiary/aromatic N) is 4. The molecule has 3 heterocycles. The molecule has 0 saturated carbocycles. The van der Waals surface area contributed by atoms with Crippen LogP contribution in [0.15, 0.2) is 24.5 Å². The fourth-order valence-electron chi connectivity index (χ4n) is 3.50. The van der Waals surface area contributed by atoms with Crippen LogP contribution in [0.5, 0.6) is 0 Å². The van der Waals surface area contributed by atoms with Gasteiger partial charge in [0.2, 0.25) is 12.3 Å². The Morgan fingerprint density at radius 3 is 2.84 bits per heavy atom. The van der Waals surface area contributed by atoms with Gasteiger partial charge in [0.05, 0.1) is 5.69 Å². The molecule has 7 heteroatoms. The Morgan fingerprint density at radius 1 is 1.28 bits per heavy atom. The highest BCUT2D eigenvalue weighted by Crippen LogP contribution is 2.35. The Hall–Kier alpha value is -2.28. The Kier molecular flexibility index (Phi) is 4.48. The average molecular weight is 356 g/mol. The van der Waals surface area contributed by atoms with Crippen molar-refractivity contribution >= 4 is 23.7 Å². The molecule has 1 atom stereocenters. The molecule has 0 N–H and O–H groups in total. The number of fused-ring (bicyclic) bond motifs is 1. The molecule has 0 aromatic carbocycles. The van der Waals surface area contributed by atoms with E-state index in [0.29, 0.717) is 26.2 Å². The summed E-state index contributed by atoms with van der Waals surface area (Å²) < 4.78 is 0. The molecular weight excluding hydrogens is 336 g/mol. The zero-order valence-corrected chi connectivity index (χ0v) is 14.7. The number of carbonyl (C=O) groups excluding carboxylic acids is 2. The molecule has 130 valence electrons. The van der Waals surface area contributed by atoms with E-state index in [0.717, 1.165) is 41.9 Å². The third kappa shape index (κ3) is 3.28. The van der Waals surface area contributed by atoms with Crippen molar-refractivity contribution in [1.29, 1.82) is 0 Å². The molecule has 1 aliphatic carbocycles. The number of thiazole rings is 1. The van der Waals surface area contributed by atoms with Crippen molar-refractivity contribution in [2.24, 2.45) is 5.92 Å². The van der Waals surface area contributed by atoms with Crippen LogP contribution >= 0.6 is 11.3 Å². The molecule has 2 amide bonds.